The highest BCUT2D eigenvalue weighted by molar-refractivity contribution is 7.70. The average Bonchev–Trinajstić information content (AvgIpc) is 2.82. The molecule has 1 aromatic heterocycles. The topological polar surface area (TPSA) is 56.6 Å². The van der Waals surface area contributed by atoms with Crippen LogP contribution < -0.4 is 14.5 Å². The Kier molecular flexibility index (Phi) is 5.40. The lowest BCUT2D eigenvalue weighted by molar-refractivity contribution is 0.123. The first-order valence-corrected chi connectivity index (χ1v) is 8.89. The van der Waals surface area contributed by atoms with Crippen LogP contribution in [0.25, 0.3) is 0 Å². The quantitative estimate of drug-likeness (QED) is 0.780. The lowest BCUT2D eigenvalue weighted by atomic mass is 10.2. The van der Waals surface area contributed by atoms with Gasteiger partial charge in [-0.05, 0) is 24.2 Å². The van der Waals surface area contributed by atoms with E-state index in [0.717, 1.165) is 23.8 Å². The molecule has 0 unspecified atom stereocenters. The highest BCUT2D eigenvalue weighted by Gasteiger charge is 2.25. The van der Waals surface area contributed by atoms with Crippen molar-refractivity contribution in [1.82, 2.24) is 0 Å². The highest BCUT2D eigenvalue weighted by Crippen LogP contribution is 2.35. The van der Waals surface area contributed by atoms with Crippen LogP contribution in [-0.4, -0.2) is 38.9 Å². The molecule has 2 rings (SSSR count). The number of nitrogens with zero attached hydrogens (tertiary/aromatic N) is 3. The first-order chi connectivity index (χ1) is 9.65. The van der Waals surface area contributed by atoms with Crippen molar-refractivity contribution in [1.29, 1.82) is 5.26 Å². The van der Waals surface area contributed by atoms with Crippen LogP contribution in [0.4, 0.5) is 10.7 Å². The molecule has 0 amide bonds. The Balaban J connectivity index is 2.31. The van der Waals surface area contributed by atoms with Crippen LogP contribution in [0.2, 0.25) is 0 Å². The Hall–Kier alpha value is -1.10. The summed E-state index contributed by atoms with van der Waals surface area (Å²) in [6.07, 6.45) is 0.431. The number of anilines is 2. The minimum atomic E-state index is 0.100. The standard InChI is InChI=1S/C13H19N3O2S2/c1-10(2)16(5-3-4-14)11-12(19-20-13(11)17)15-6-8-18-9-7-15/h10H,3,5-9H2,1-2H3. The first-order valence-electron chi connectivity index (χ1n) is 6.74. The molecule has 1 saturated heterocycles. The summed E-state index contributed by atoms with van der Waals surface area (Å²) in [5.74, 6) is 0. The van der Waals surface area contributed by atoms with Crippen molar-refractivity contribution < 1.29 is 4.74 Å². The number of morpholine rings is 1. The van der Waals surface area contributed by atoms with Crippen molar-refractivity contribution in [3.63, 3.8) is 0 Å². The van der Waals surface area contributed by atoms with Gasteiger partial charge in [0.25, 0.3) is 4.74 Å². The molecule has 5 nitrogen and oxygen atoms in total. The summed E-state index contributed by atoms with van der Waals surface area (Å²) in [7, 11) is 2.82. The summed E-state index contributed by atoms with van der Waals surface area (Å²) < 4.78 is 5.47. The molecule has 20 heavy (non-hydrogen) atoms. The maximum atomic E-state index is 12.2. The molecule has 7 heteroatoms. The third-order valence-corrected chi connectivity index (χ3v) is 5.48. The minimum Gasteiger partial charge on any atom is -0.378 e. The fraction of sp³-hybridized carbons (Fsp3) is 0.692. The minimum absolute atomic E-state index is 0.100. The van der Waals surface area contributed by atoms with Gasteiger partial charge in [-0.3, -0.25) is 4.79 Å². The van der Waals surface area contributed by atoms with E-state index in [-0.39, 0.29) is 10.8 Å². The Labute approximate surface area is 126 Å². The van der Waals surface area contributed by atoms with E-state index >= 15 is 0 Å². The van der Waals surface area contributed by atoms with Crippen LogP contribution in [0.3, 0.4) is 0 Å². The zero-order valence-corrected chi connectivity index (χ0v) is 13.4. The molecular weight excluding hydrogens is 294 g/mol. The number of ether oxygens (including phenoxy) is 1. The maximum Gasteiger partial charge on any atom is 0.268 e. The average molecular weight is 313 g/mol. The van der Waals surface area contributed by atoms with Crippen molar-refractivity contribution >= 4 is 31.4 Å². The van der Waals surface area contributed by atoms with Crippen LogP contribution in [0.1, 0.15) is 20.3 Å². The predicted molar refractivity (Wildman–Crippen MR) is 84.2 cm³/mol. The van der Waals surface area contributed by atoms with Gasteiger partial charge in [-0.15, -0.1) is 0 Å². The van der Waals surface area contributed by atoms with Gasteiger partial charge < -0.3 is 14.5 Å². The fourth-order valence-corrected chi connectivity index (χ4v) is 4.59. The van der Waals surface area contributed by atoms with Crippen molar-refractivity contribution in [3.05, 3.63) is 9.54 Å². The van der Waals surface area contributed by atoms with Gasteiger partial charge in [-0.1, -0.05) is 10.3 Å². The summed E-state index contributed by atoms with van der Waals surface area (Å²) in [4.78, 5) is 16.5. The molecule has 2 heterocycles. The summed E-state index contributed by atoms with van der Waals surface area (Å²) in [5.41, 5.74) is 0.771. The molecule has 1 aliphatic heterocycles. The van der Waals surface area contributed by atoms with Gasteiger partial charge in [0.15, 0.2) is 0 Å². The molecule has 0 saturated carbocycles. The van der Waals surface area contributed by atoms with E-state index in [1.807, 2.05) is 0 Å². The number of hydrogen-bond donors (Lipinski definition) is 0. The maximum absolute atomic E-state index is 12.2. The highest BCUT2D eigenvalue weighted by atomic mass is 32.9. The van der Waals surface area contributed by atoms with Crippen molar-refractivity contribution in [2.75, 3.05) is 42.6 Å². The molecule has 1 fully saturated rings. The van der Waals surface area contributed by atoms with Gasteiger partial charge in [0.1, 0.15) is 10.7 Å². The summed E-state index contributed by atoms with van der Waals surface area (Å²) in [5, 5.41) is 9.84. The predicted octanol–water partition coefficient (Wildman–Crippen LogP) is 2.13. The molecule has 110 valence electrons. The van der Waals surface area contributed by atoms with Crippen molar-refractivity contribution in [3.8, 4) is 6.07 Å². The third kappa shape index (κ3) is 3.32. The summed E-state index contributed by atoms with van der Waals surface area (Å²) in [6, 6.07) is 2.37. The van der Waals surface area contributed by atoms with Crippen LogP contribution in [0, 0.1) is 11.3 Å². The molecule has 0 aliphatic carbocycles. The summed E-state index contributed by atoms with van der Waals surface area (Å²) in [6.45, 7) is 7.77. The second-order valence-corrected chi connectivity index (χ2v) is 6.99. The smallest absolute Gasteiger partial charge is 0.268 e. The Morgan fingerprint density at radius 3 is 2.70 bits per heavy atom. The number of nitriles is 1. The zero-order valence-electron chi connectivity index (χ0n) is 11.8. The first kappa shape index (κ1) is 15.3. The molecule has 0 atom stereocenters. The monoisotopic (exact) mass is 313 g/mol. The van der Waals surface area contributed by atoms with Gasteiger partial charge in [-0.2, -0.15) is 5.26 Å². The van der Waals surface area contributed by atoms with E-state index in [9.17, 15) is 4.79 Å². The Morgan fingerprint density at radius 2 is 2.10 bits per heavy atom. The third-order valence-electron chi connectivity index (χ3n) is 3.27. The SMILES string of the molecule is CC(C)N(CCC#N)c1c(N2CCOCC2)ssc1=O. The Bertz CT molecular complexity index is 526. The lowest BCUT2D eigenvalue weighted by Gasteiger charge is -2.32. The van der Waals surface area contributed by atoms with Crippen LogP contribution >= 0.6 is 20.7 Å². The van der Waals surface area contributed by atoms with Crippen molar-refractivity contribution in [2.45, 2.75) is 26.3 Å². The number of hydrogen-bond acceptors (Lipinski definition) is 7. The van der Waals surface area contributed by atoms with Gasteiger partial charge in [0.2, 0.25) is 0 Å². The van der Waals surface area contributed by atoms with Gasteiger partial charge >= 0.3 is 0 Å². The van der Waals surface area contributed by atoms with E-state index in [2.05, 4.69) is 29.7 Å². The van der Waals surface area contributed by atoms with Crippen LogP contribution in [0.5, 0.6) is 0 Å². The van der Waals surface area contributed by atoms with Crippen LogP contribution in [-0.2, 0) is 4.74 Å². The molecule has 0 spiro atoms. The molecule has 0 aromatic carbocycles. The second-order valence-electron chi connectivity index (χ2n) is 4.90. The zero-order chi connectivity index (χ0) is 14.5. The lowest BCUT2D eigenvalue weighted by Crippen LogP contribution is -2.39. The molecular formula is C13H19N3O2S2. The van der Waals surface area contributed by atoms with E-state index in [0.29, 0.717) is 26.2 Å². The van der Waals surface area contributed by atoms with Crippen LogP contribution in [0.15, 0.2) is 4.79 Å². The van der Waals surface area contributed by atoms with Crippen molar-refractivity contribution in [2.24, 2.45) is 0 Å². The number of rotatable bonds is 5. The second kappa shape index (κ2) is 7.07. The summed E-state index contributed by atoms with van der Waals surface area (Å²) >= 11 is 0. The van der Waals surface area contributed by atoms with E-state index in [1.165, 1.54) is 20.7 Å². The van der Waals surface area contributed by atoms with E-state index < -0.39 is 0 Å². The molecule has 0 bridgehead atoms. The van der Waals surface area contributed by atoms with Gasteiger partial charge in [0.05, 0.1) is 25.7 Å². The largest absolute Gasteiger partial charge is 0.378 e. The molecule has 0 N–H and O–H groups in total. The van der Waals surface area contributed by atoms with Gasteiger partial charge in [0, 0.05) is 25.7 Å². The fourth-order valence-electron chi connectivity index (χ4n) is 2.25. The van der Waals surface area contributed by atoms with Gasteiger partial charge in [-0.25, -0.2) is 0 Å². The normalized spacial score (nSPS) is 15.4. The van der Waals surface area contributed by atoms with E-state index in [1.54, 1.807) is 0 Å². The Morgan fingerprint density at radius 1 is 1.40 bits per heavy atom. The molecule has 1 aromatic rings. The molecule has 0 radical (unpaired) electrons. The van der Waals surface area contributed by atoms with E-state index in [4.69, 9.17) is 10.00 Å². The molecule has 1 aliphatic rings.